The summed E-state index contributed by atoms with van der Waals surface area (Å²) in [5.74, 6) is 0.836. The van der Waals surface area contributed by atoms with Crippen LogP contribution in [0.1, 0.15) is 38.1 Å². The Morgan fingerprint density at radius 2 is 2.15 bits per heavy atom. The molecule has 0 saturated carbocycles. The van der Waals surface area contributed by atoms with Crippen LogP contribution in [0.2, 0.25) is 0 Å². The Kier molecular flexibility index (Phi) is 5.53. The number of benzene rings is 1. The highest BCUT2D eigenvalue weighted by Crippen LogP contribution is 2.22. The predicted octanol–water partition coefficient (Wildman–Crippen LogP) is 3.78. The normalized spacial score (nSPS) is 11.2. The summed E-state index contributed by atoms with van der Waals surface area (Å²) in [6.07, 6.45) is 3.49. The van der Waals surface area contributed by atoms with Gasteiger partial charge in [-0.25, -0.2) is 4.98 Å². The van der Waals surface area contributed by atoms with Crippen LogP contribution in [0.15, 0.2) is 24.3 Å². The molecule has 1 aromatic heterocycles. The van der Waals surface area contributed by atoms with Crippen LogP contribution in [0.4, 0.5) is 0 Å². The SMILES string of the molecule is CC(C)CCCNC(=O)CCc1nc2ccccc2s1. The summed E-state index contributed by atoms with van der Waals surface area (Å²) >= 11 is 1.68. The lowest BCUT2D eigenvalue weighted by Crippen LogP contribution is -2.24. The van der Waals surface area contributed by atoms with Gasteiger partial charge < -0.3 is 5.32 Å². The molecular weight excluding hydrogens is 268 g/mol. The summed E-state index contributed by atoms with van der Waals surface area (Å²) in [5, 5.41) is 4.02. The number of aromatic nitrogens is 1. The van der Waals surface area contributed by atoms with E-state index in [4.69, 9.17) is 0 Å². The van der Waals surface area contributed by atoms with Gasteiger partial charge in [-0.3, -0.25) is 4.79 Å². The van der Waals surface area contributed by atoms with E-state index < -0.39 is 0 Å². The second kappa shape index (κ2) is 7.39. The highest BCUT2D eigenvalue weighted by atomic mass is 32.1. The molecule has 0 fully saturated rings. The summed E-state index contributed by atoms with van der Waals surface area (Å²) in [5.41, 5.74) is 1.03. The number of hydrogen-bond donors (Lipinski definition) is 1. The third-order valence-electron chi connectivity index (χ3n) is 3.18. The van der Waals surface area contributed by atoms with Crippen molar-refractivity contribution in [1.82, 2.24) is 10.3 Å². The molecule has 0 atom stereocenters. The lowest BCUT2D eigenvalue weighted by atomic mass is 10.1. The molecule has 0 bridgehead atoms. The number of nitrogens with one attached hydrogen (secondary N) is 1. The summed E-state index contributed by atoms with van der Waals surface area (Å²) in [4.78, 5) is 16.3. The second-order valence-corrected chi connectivity index (χ2v) is 6.58. The molecule has 4 heteroatoms. The Morgan fingerprint density at radius 1 is 1.35 bits per heavy atom. The molecule has 1 N–H and O–H groups in total. The number of hydrogen-bond acceptors (Lipinski definition) is 3. The number of para-hydroxylation sites is 1. The maximum Gasteiger partial charge on any atom is 0.220 e. The van der Waals surface area contributed by atoms with Gasteiger partial charge in [-0.05, 0) is 30.9 Å². The van der Waals surface area contributed by atoms with Crippen LogP contribution >= 0.6 is 11.3 Å². The molecule has 3 nitrogen and oxygen atoms in total. The lowest BCUT2D eigenvalue weighted by Gasteiger charge is -2.06. The number of rotatable bonds is 7. The van der Waals surface area contributed by atoms with Crippen molar-refractivity contribution in [3.8, 4) is 0 Å². The first-order chi connectivity index (χ1) is 9.65. The number of carbonyl (C=O) groups excluding carboxylic acids is 1. The Labute approximate surface area is 124 Å². The van der Waals surface area contributed by atoms with Crippen molar-refractivity contribution in [2.75, 3.05) is 6.54 Å². The van der Waals surface area contributed by atoms with Crippen molar-refractivity contribution in [3.05, 3.63) is 29.3 Å². The summed E-state index contributed by atoms with van der Waals surface area (Å²) in [6, 6.07) is 8.10. The molecule has 1 heterocycles. The second-order valence-electron chi connectivity index (χ2n) is 5.46. The largest absolute Gasteiger partial charge is 0.356 e. The van der Waals surface area contributed by atoms with Gasteiger partial charge in [0.1, 0.15) is 0 Å². The van der Waals surface area contributed by atoms with Gasteiger partial charge in [0, 0.05) is 19.4 Å². The van der Waals surface area contributed by atoms with Crippen LogP contribution in [0.3, 0.4) is 0 Å². The quantitative estimate of drug-likeness (QED) is 0.788. The minimum absolute atomic E-state index is 0.132. The monoisotopic (exact) mass is 290 g/mol. The van der Waals surface area contributed by atoms with E-state index in [1.807, 2.05) is 18.2 Å². The number of fused-ring (bicyclic) bond motifs is 1. The van der Waals surface area contributed by atoms with E-state index in [-0.39, 0.29) is 5.91 Å². The number of carbonyl (C=O) groups is 1. The third-order valence-corrected chi connectivity index (χ3v) is 4.28. The maximum atomic E-state index is 11.7. The van der Waals surface area contributed by atoms with Crippen molar-refractivity contribution < 1.29 is 4.79 Å². The molecule has 0 radical (unpaired) electrons. The van der Waals surface area contributed by atoms with Crippen LogP contribution in [0, 0.1) is 5.92 Å². The average molecular weight is 290 g/mol. The molecular formula is C16H22N2OS. The first-order valence-corrected chi connectivity index (χ1v) is 8.08. The van der Waals surface area contributed by atoms with E-state index in [0.29, 0.717) is 12.3 Å². The minimum atomic E-state index is 0.132. The zero-order chi connectivity index (χ0) is 14.4. The van der Waals surface area contributed by atoms with Crippen LogP contribution < -0.4 is 5.32 Å². The molecule has 20 heavy (non-hydrogen) atoms. The third kappa shape index (κ3) is 4.60. The standard InChI is InChI=1S/C16H22N2OS/c1-12(2)6-5-11-17-15(19)9-10-16-18-13-7-3-4-8-14(13)20-16/h3-4,7-8,12H,5-6,9-11H2,1-2H3,(H,17,19). The smallest absolute Gasteiger partial charge is 0.220 e. The fraction of sp³-hybridized carbons (Fsp3) is 0.500. The Hall–Kier alpha value is -1.42. The average Bonchev–Trinajstić information content (AvgIpc) is 2.84. The van der Waals surface area contributed by atoms with E-state index in [9.17, 15) is 4.79 Å². The van der Waals surface area contributed by atoms with Crippen LogP contribution in [-0.2, 0) is 11.2 Å². The zero-order valence-electron chi connectivity index (χ0n) is 12.2. The van der Waals surface area contributed by atoms with E-state index in [1.54, 1.807) is 11.3 Å². The van der Waals surface area contributed by atoms with Crippen molar-refractivity contribution >= 4 is 27.5 Å². The van der Waals surface area contributed by atoms with Gasteiger partial charge >= 0.3 is 0 Å². The number of thiazole rings is 1. The van der Waals surface area contributed by atoms with Gasteiger partial charge in [-0.2, -0.15) is 0 Å². The Bertz CT molecular complexity index is 529. The molecule has 0 unspecified atom stereocenters. The fourth-order valence-electron chi connectivity index (χ4n) is 2.07. The van der Waals surface area contributed by atoms with Crippen LogP contribution in [0.5, 0.6) is 0 Å². The van der Waals surface area contributed by atoms with Crippen molar-refractivity contribution in [2.24, 2.45) is 5.92 Å². The Morgan fingerprint density at radius 3 is 2.90 bits per heavy atom. The van der Waals surface area contributed by atoms with Gasteiger partial charge in [-0.1, -0.05) is 26.0 Å². The topological polar surface area (TPSA) is 42.0 Å². The van der Waals surface area contributed by atoms with Crippen molar-refractivity contribution in [1.29, 1.82) is 0 Å². The number of amides is 1. The molecule has 0 spiro atoms. The Balaban J connectivity index is 1.73. The molecule has 0 saturated heterocycles. The molecule has 0 aliphatic carbocycles. The van der Waals surface area contributed by atoms with Crippen molar-refractivity contribution in [3.63, 3.8) is 0 Å². The highest BCUT2D eigenvalue weighted by molar-refractivity contribution is 7.18. The summed E-state index contributed by atoms with van der Waals surface area (Å²) in [6.45, 7) is 5.20. The number of nitrogens with zero attached hydrogens (tertiary/aromatic N) is 1. The first-order valence-electron chi connectivity index (χ1n) is 7.26. The zero-order valence-corrected chi connectivity index (χ0v) is 13.0. The summed E-state index contributed by atoms with van der Waals surface area (Å²) in [7, 11) is 0. The molecule has 1 aromatic carbocycles. The minimum Gasteiger partial charge on any atom is -0.356 e. The molecule has 2 rings (SSSR count). The van der Waals surface area contributed by atoms with E-state index >= 15 is 0 Å². The summed E-state index contributed by atoms with van der Waals surface area (Å²) < 4.78 is 1.19. The molecule has 2 aromatic rings. The fourth-order valence-corrected chi connectivity index (χ4v) is 3.04. The van der Waals surface area contributed by atoms with Gasteiger partial charge in [0.2, 0.25) is 5.91 Å². The van der Waals surface area contributed by atoms with E-state index in [2.05, 4.69) is 30.2 Å². The van der Waals surface area contributed by atoms with Gasteiger partial charge in [0.15, 0.2) is 0 Å². The van der Waals surface area contributed by atoms with Gasteiger partial charge in [0.25, 0.3) is 0 Å². The molecule has 0 aliphatic heterocycles. The van der Waals surface area contributed by atoms with Crippen LogP contribution in [0.25, 0.3) is 10.2 Å². The van der Waals surface area contributed by atoms with E-state index in [0.717, 1.165) is 36.3 Å². The first kappa shape index (κ1) is 15.0. The number of aryl methyl sites for hydroxylation is 1. The maximum absolute atomic E-state index is 11.7. The van der Waals surface area contributed by atoms with Crippen molar-refractivity contribution in [2.45, 2.75) is 39.5 Å². The predicted molar refractivity (Wildman–Crippen MR) is 85.0 cm³/mol. The molecule has 0 aliphatic rings. The van der Waals surface area contributed by atoms with E-state index in [1.165, 1.54) is 4.70 Å². The highest BCUT2D eigenvalue weighted by Gasteiger charge is 2.06. The molecule has 108 valence electrons. The lowest BCUT2D eigenvalue weighted by molar-refractivity contribution is -0.121. The van der Waals surface area contributed by atoms with Gasteiger partial charge in [-0.15, -0.1) is 11.3 Å². The van der Waals surface area contributed by atoms with Crippen LogP contribution in [-0.4, -0.2) is 17.4 Å². The van der Waals surface area contributed by atoms with Gasteiger partial charge in [0.05, 0.1) is 15.2 Å². The molecule has 1 amide bonds.